The number of rotatable bonds is 9. The van der Waals surface area contributed by atoms with Crippen LogP contribution in [-0.2, 0) is 17.6 Å². The molecule has 3 N–H and O–H groups in total. The molecule has 0 aliphatic heterocycles. The number of hydrogen-bond acceptors (Lipinski definition) is 6. The van der Waals surface area contributed by atoms with Crippen molar-refractivity contribution in [1.82, 2.24) is 9.78 Å². The molecule has 1 aliphatic rings. The Bertz CT molecular complexity index is 1710. The zero-order valence-corrected chi connectivity index (χ0v) is 23.5. The molecule has 0 saturated carbocycles. The van der Waals surface area contributed by atoms with Crippen molar-refractivity contribution in [2.75, 3.05) is 11.9 Å². The van der Waals surface area contributed by atoms with Crippen LogP contribution in [-0.4, -0.2) is 28.2 Å². The van der Waals surface area contributed by atoms with Gasteiger partial charge in [-0.15, -0.1) is 11.3 Å². The van der Waals surface area contributed by atoms with Crippen LogP contribution in [0, 0.1) is 18.3 Å². The first-order valence-corrected chi connectivity index (χ1v) is 14.1. The number of primary amides is 1. The van der Waals surface area contributed by atoms with Crippen molar-refractivity contribution >= 4 is 34.2 Å². The second-order valence-electron chi connectivity index (χ2n) is 9.69. The van der Waals surface area contributed by atoms with E-state index in [1.54, 1.807) is 17.0 Å². The molecule has 2 heterocycles. The summed E-state index contributed by atoms with van der Waals surface area (Å²) < 4.78 is 7.39. The molecule has 0 radical (unpaired) electrons. The van der Waals surface area contributed by atoms with E-state index in [1.165, 1.54) is 17.4 Å². The number of nitrogens with one attached hydrogen (secondary N) is 1. The van der Waals surface area contributed by atoms with E-state index in [2.05, 4.69) is 11.9 Å². The topological polar surface area (TPSA) is 123 Å². The monoisotopic (exact) mass is 563 g/mol. The number of aryl methyl sites for hydroxylation is 2. The third-order valence-electron chi connectivity index (χ3n) is 6.89. The number of carbonyl (C=O) groups is 2. The number of fused-ring (bicyclic) bond motifs is 1. The van der Waals surface area contributed by atoms with Gasteiger partial charge < -0.3 is 15.8 Å². The summed E-state index contributed by atoms with van der Waals surface area (Å²) in [5.74, 6) is -0.492. The molecule has 0 bridgehead atoms. The van der Waals surface area contributed by atoms with E-state index in [1.807, 2.05) is 61.5 Å². The van der Waals surface area contributed by atoms with Crippen molar-refractivity contribution in [3.8, 4) is 28.8 Å². The van der Waals surface area contributed by atoms with Crippen LogP contribution in [0.3, 0.4) is 0 Å². The number of nitriles is 1. The van der Waals surface area contributed by atoms with E-state index in [-0.39, 0.29) is 5.57 Å². The molecule has 1 aliphatic carbocycles. The minimum absolute atomic E-state index is 0.121. The van der Waals surface area contributed by atoms with Gasteiger partial charge in [-0.1, -0.05) is 30.9 Å². The Hall–Kier alpha value is -4.94. The number of aromatic nitrogens is 2. The Morgan fingerprint density at radius 1 is 1.22 bits per heavy atom. The normalized spacial score (nSPS) is 12.7. The summed E-state index contributed by atoms with van der Waals surface area (Å²) in [4.78, 5) is 26.7. The molecule has 2 aromatic heterocycles. The fraction of sp³-hybridized carbons (Fsp3) is 0.188. The molecule has 0 saturated heterocycles. The van der Waals surface area contributed by atoms with Gasteiger partial charge in [0.15, 0.2) is 0 Å². The van der Waals surface area contributed by atoms with Gasteiger partial charge in [-0.2, -0.15) is 10.4 Å². The first kappa shape index (κ1) is 27.6. The summed E-state index contributed by atoms with van der Waals surface area (Å²) in [5, 5.41) is 18.0. The third-order valence-corrected chi connectivity index (χ3v) is 8.10. The number of amides is 2. The van der Waals surface area contributed by atoms with Crippen molar-refractivity contribution in [2.45, 2.75) is 32.6 Å². The van der Waals surface area contributed by atoms with E-state index in [0.717, 1.165) is 52.9 Å². The summed E-state index contributed by atoms with van der Waals surface area (Å²) in [5.41, 5.74) is 10.6. The lowest BCUT2D eigenvalue weighted by molar-refractivity contribution is -0.112. The first-order chi connectivity index (χ1) is 19.9. The van der Waals surface area contributed by atoms with Crippen LogP contribution in [0.2, 0.25) is 0 Å². The SMILES string of the molecule is C=CCOc1ccc(-c2nn(-c3ccccc3)cc2C=C(C#N)C(=O)Nc2sc3c(c2C(N)=O)CCCC3)c(C)c1. The van der Waals surface area contributed by atoms with Crippen molar-refractivity contribution in [3.63, 3.8) is 0 Å². The summed E-state index contributed by atoms with van der Waals surface area (Å²) in [6.07, 6.45) is 8.58. The maximum Gasteiger partial charge on any atom is 0.266 e. The Morgan fingerprint density at radius 3 is 2.71 bits per heavy atom. The number of anilines is 1. The number of ether oxygens (including phenoxy) is 1. The van der Waals surface area contributed by atoms with Gasteiger partial charge in [0.2, 0.25) is 0 Å². The fourth-order valence-corrected chi connectivity index (χ4v) is 6.24. The molecule has 0 fully saturated rings. The molecular formula is C32H29N5O3S. The summed E-state index contributed by atoms with van der Waals surface area (Å²) in [6, 6.07) is 17.3. The Morgan fingerprint density at radius 2 is 2.00 bits per heavy atom. The smallest absolute Gasteiger partial charge is 0.266 e. The average molecular weight is 564 g/mol. The van der Waals surface area contributed by atoms with Crippen LogP contribution in [0.1, 0.15) is 44.8 Å². The maximum atomic E-state index is 13.4. The number of hydrogen-bond donors (Lipinski definition) is 2. The van der Waals surface area contributed by atoms with Crippen LogP contribution in [0.4, 0.5) is 5.00 Å². The standard InChI is InChI=1S/C32H29N5O3S/c1-3-15-40-24-13-14-25(20(2)16-24)29-22(19-37(36-29)23-9-5-4-6-10-23)17-21(18-33)31(39)35-32-28(30(34)38)26-11-7-8-12-27(26)41-32/h3-6,9-10,13-14,16-17,19H,1,7-8,11-12,15H2,2H3,(H2,34,38)(H,35,39). The number of carbonyl (C=O) groups excluding carboxylic acids is 2. The van der Waals surface area contributed by atoms with E-state index in [0.29, 0.717) is 34.2 Å². The number of nitrogens with zero attached hydrogens (tertiary/aromatic N) is 3. The van der Waals surface area contributed by atoms with Crippen LogP contribution in [0.5, 0.6) is 5.75 Å². The number of thiophene rings is 1. The zero-order chi connectivity index (χ0) is 28.9. The van der Waals surface area contributed by atoms with E-state index >= 15 is 0 Å². The molecule has 5 rings (SSSR count). The zero-order valence-electron chi connectivity index (χ0n) is 22.6. The van der Waals surface area contributed by atoms with Gasteiger partial charge in [-0.05, 0) is 80.1 Å². The van der Waals surface area contributed by atoms with Gasteiger partial charge in [0.1, 0.15) is 34.7 Å². The van der Waals surface area contributed by atoms with E-state index in [4.69, 9.17) is 15.6 Å². The Kier molecular flexibility index (Phi) is 8.13. The van der Waals surface area contributed by atoms with E-state index in [9.17, 15) is 14.9 Å². The van der Waals surface area contributed by atoms with Gasteiger partial charge in [0.25, 0.3) is 11.8 Å². The van der Waals surface area contributed by atoms with Crippen molar-refractivity contribution < 1.29 is 14.3 Å². The Labute approximate surface area is 242 Å². The van der Waals surface area contributed by atoms with Crippen LogP contribution in [0.25, 0.3) is 23.0 Å². The van der Waals surface area contributed by atoms with Gasteiger partial charge in [0, 0.05) is 22.2 Å². The highest BCUT2D eigenvalue weighted by molar-refractivity contribution is 7.17. The van der Waals surface area contributed by atoms with Gasteiger partial charge in [0.05, 0.1) is 11.3 Å². The number of nitrogens with two attached hydrogens (primary N) is 1. The lowest BCUT2D eigenvalue weighted by atomic mass is 9.95. The minimum Gasteiger partial charge on any atom is -0.490 e. The molecular weight excluding hydrogens is 534 g/mol. The summed E-state index contributed by atoms with van der Waals surface area (Å²) >= 11 is 1.36. The predicted octanol–water partition coefficient (Wildman–Crippen LogP) is 6.00. The van der Waals surface area contributed by atoms with Crippen molar-refractivity contribution in [2.24, 2.45) is 5.73 Å². The van der Waals surface area contributed by atoms with Crippen molar-refractivity contribution in [1.29, 1.82) is 5.26 Å². The lowest BCUT2D eigenvalue weighted by Crippen LogP contribution is -2.19. The molecule has 41 heavy (non-hydrogen) atoms. The van der Waals surface area contributed by atoms with Crippen LogP contribution >= 0.6 is 11.3 Å². The maximum absolute atomic E-state index is 13.4. The number of benzene rings is 2. The highest BCUT2D eigenvalue weighted by Gasteiger charge is 2.26. The molecule has 2 amide bonds. The summed E-state index contributed by atoms with van der Waals surface area (Å²) in [6.45, 7) is 6.03. The molecule has 9 heteroatoms. The average Bonchev–Trinajstić information content (AvgIpc) is 3.56. The minimum atomic E-state index is -0.614. The fourth-order valence-electron chi connectivity index (χ4n) is 4.95. The van der Waals surface area contributed by atoms with Gasteiger partial charge in [-0.3, -0.25) is 9.59 Å². The first-order valence-electron chi connectivity index (χ1n) is 13.3. The van der Waals surface area contributed by atoms with Gasteiger partial charge in [-0.25, -0.2) is 4.68 Å². The van der Waals surface area contributed by atoms with Crippen molar-refractivity contribution in [3.05, 3.63) is 100 Å². The molecule has 0 spiro atoms. The van der Waals surface area contributed by atoms with Crippen LogP contribution < -0.4 is 15.8 Å². The number of para-hydroxylation sites is 1. The second kappa shape index (κ2) is 12.1. The Balaban J connectivity index is 1.54. The molecule has 0 atom stereocenters. The molecule has 4 aromatic rings. The highest BCUT2D eigenvalue weighted by atomic mass is 32.1. The highest BCUT2D eigenvalue weighted by Crippen LogP contribution is 2.38. The molecule has 8 nitrogen and oxygen atoms in total. The molecule has 206 valence electrons. The summed E-state index contributed by atoms with van der Waals surface area (Å²) in [7, 11) is 0. The molecule has 0 unspecified atom stereocenters. The molecule has 2 aromatic carbocycles. The largest absolute Gasteiger partial charge is 0.490 e. The third kappa shape index (κ3) is 5.83. The van der Waals surface area contributed by atoms with E-state index < -0.39 is 11.8 Å². The van der Waals surface area contributed by atoms with Crippen LogP contribution in [0.15, 0.2) is 73.0 Å². The quantitative estimate of drug-likeness (QED) is 0.147. The lowest BCUT2D eigenvalue weighted by Gasteiger charge is -2.11. The van der Waals surface area contributed by atoms with Gasteiger partial charge >= 0.3 is 0 Å². The predicted molar refractivity (Wildman–Crippen MR) is 161 cm³/mol. The second-order valence-corrected chi connectivity index (χ2v) is 10.8.